The molecule has 4 rings (SSSR count). The quantitative estimate of drug-likeness (QED) is 0.948. The highest BCUT2D eigenvalue weighted by molar-refractivity contribution is 5.94. The van der Waals surface area contributed by atoms with Gasteiger partial charge in [0.25, 0.3) is 5.91 Å². The molecule has 4 heteroatoms. The lowest BCUT2D eigenvalue weighted by Gasteiger charge is -2.08. The van der Waals surface area contributed by atoms with Gasteiger partial charge in [-0.25, -0.2) is 0 Å². The van der Waals surface area contributed by atoms with Gasteiger partial charge in [0.1, 0.15) is 11.9 Å². The van der Waals surface area contributed by atoms with Crippen molar-refractivity contribution in [2.45, 2.75) is 45.3 Å². The summed E-state index contributed by atoms with van der Waals surface area (Å²) < 4.78 is 5.67. The summed E-state index contributed by atoms with van der Waals surface area (Å²) in [4.78, 5) is 16.9. The van der Waals surface area contributed by atoms with Crippen molar-refractivity contribution in [3.8, 4) is 5.75 Å². The van der Waals surface area contributed by atoms with E-state index in [1.165, 1.54) is 17.7 Å². The zero-order valence-electron chi connectivity index (χ0n) is 13.3. The third-order valence-electron chi connectivity index (χ3n) is 4.59. The van der Waals surface area contributed by atoms with Gasteiger partial charge in [-0.05, 0) is 61.1 Å². The van der Waals surface area contributed by atoms with Crippen LogP contribution >= 0.6 is 0 Å². The number of hydrogen-bond acceptors (Lipinski definition) is 3. The Hall–Kier alpha value is -2.36. The van der Waals surface area contributed by atoms with Crippen LogP contribution in [0.3, 0.4) is 0 Å². The van der Waals surface area contributed by atoms with E-state index >= 15 is 0 Å². The first-order valence-electron chi connectivity index (χ1n) is 8.23. The standard InChI is InChI=1S/C19H20N2O2/c1-12-7-16-9-15(5-6-18(16)23-12)19(22)21-11-13-8-14-3-2-4-17(14)20-10-13/h5-6,8-10,12H,2-4,7,11H2,1H3,(H,21,22)/t12-/m0/s1. The average molecular weight is 308 g/mol. The molecule has 1 aliphatic heterocycles. The van der Waals surface area contributed by atoms with Crippen LogP contribution in [0.1, 0.15) is 46.1 Å². The monoisotopic (exact) mass is 308 g/mol. The number of benzene rings is 1. The van der Waals surface area contributed by atoms with Crippen molar-refractivity contribution in [2.75, 3.05) is 0 Å². The van der Waals surface area contributed by atoms with Crippen molar-refractivity contribution < 1.29 is 9.53 Å². The van der Waals surface area contributed by atoms with Crippen LogP contribution in [0.25, 0.3) is 0 Å². The van der Waals surface area contributed by atoms with Crippen molar-refractivity contribution in [1.29, 1.82) is 0 Å². The first-order valence-corrected chi connectivity index (χ1v) is 8.23. The molecular formula is C19H20N2O2. The summed E-state index contributed by atoms with van der Waals surface area (Å²) in [6.45, 7) is 2.56. The maximum absolute atomic E-state index is 12.4. The van der Waals surface area contributed by atoms with E-state index in [-0.39, 0.29) is 12.0 Å². The van der Waals surface area contributed by atoms with Gasteiger partial charge >= 0.3 is 0 Å². The molecule has 23 heavy (non-hydrogen) atoms. The van der Waals surface area contributed by atoms with E-state index in [1.54, 1.807) is 0 Å². The predicted octanol–water partition coefficient (Wildman–Crippen LogP) is 2.82. The number of hydrogen-bond donors (Lipinski definition) is 1. The summed E-state index contributed by atoms with van der Waals surface area (Å²) in [6.07, 6.45) is 6.31. The van der Waals surface area contributed by atoms with Crippen LogP contribution in [0.5, 0.6) is 5.75 Å². The van der Waals surface area contributed by atoms with Crippen molar-refractivity contribution in [2.24, 2.45) is 0 Å². The van der Waals surface area contributed by atoms with E-state index < -0.39 is 0 Å². The molecule has 118 valence electrons. The zero-order chi connectivity index (χ0) is 15.8. The zero-order valence-corrected chi connectivity index (χ0v) is 13.3. The van der Waals surface area contributed by atoms with Crippen LogP contribution in [0, 0.1) is 0 Å². The molecule has 4 nitrogen and oxygen atoms in total. The summed E-state index contributed by atoms with van der Waals surface area (Å²) in [6, 6.07) is 7.83. The molecule has 1 atom stereocenters. The lowest BCUT2D eigenvalue weighted by atomic mass is 10.1. The number of nitrogens with one attached hydrogen (secondary N) is 1. The van der Waals surface area contributed by atoms with E-state index in [1.807, 2.05) is 31.3 Å². The normalized spacial score (nSPS) is 18.2. The van der Waals surface area contributed by atoms with Gasteiger partial charge in [-0.15, -0.1) is 0 Å². The number of rotatable bonds is 3. The number of carbonyl (C=O) groups excluding carboxylic acids is 1. The van der Waals surface area contributed by atoms with E-state index in [0.29, 0.717) is 12.1 Å². The Labute approximate surface area is 135 Å². The number of nitrogens with zero attached hydrogens (tertiary/aromatic N) is 1. The summed E-state index contributed by atoms with van der Waals surface area (Å²) in [5, 5.41) is 2.99. The van der Waals surface area contributed by atoms with Gasteiger partial charge in [-0.3, -0.25) is 9.78 Å². The fraction of sp³-hybridized carbons (Fsp3) is 0.368. The van der Waals surface area contributed by atoms with Gasteiger partial charge in [0, 0.05) is 30.4 Å². The number of carbonyl (C=O) groups is 1. The SMILES string of the molecule is C[C@H]1Cc2cc(C(=O)NCc3cnc4c(c3)CCC4)ccc2O1. The second kappa shape index (κ2) is 5.69. The molecule has 2 aliphatic rings. The second-order valence-corrected chi connectivity index (χ2v) is 6.44. The highest BCUT2D eigenvalue weighted by Gasteiger charge is 2.20. The summed E-state index contributed by atoms with van der Waals surface area (Å²) >= 11 is 0. The first-order chi connectivity index (χ1) is 11.2. The first kappa shape index (κ1) is 14.2. The highest BCUT2D eigenvalue weighted by Crippen LogP contribution is 2.29. The number of fused-ring (bicyclic) bond motifs is 2. The molecule has 0 bridgehead atoms. The second-order valence-electron chi connectivity index (χ2n) is 6.44. The van der Waals surface area contributed by atoms with Crippen molar-refractivity contribution in [1.82, 2.24) is 10.3 Å². The molecule has 0 fully saturated rings. The Morgan fingerprint density at radius 1 is 1.30 bits per heavy atom. The molecule has 0 spiro atoms. The molecule has 1 aromatic carbocycles. The maximum atomic E-state index is 12.4. The van der Waals surface area contributed by atoms with Crippen LogP contribution in [-0.4, -0.2) is 17.0 Å². The van der Waals surface area contributed by atoms with Crippen LogP contribution in [0.15, 0.2) is 30.5 Å². The minimum Gasteiger partial charge on any atom is -0.490 e. The largest absolute Gasteiger partial charge is 0.490 e. The molecule has 0 saturated carbocycles. The molecule has 2 aromatic rings. The fourth-order valence-corrected chi connectivity index (χ4v) is 3.42. The van der Waals surface area contributed by atoms with E-state index in [0.717, 1.165) is 36.1 Å². The Kier molecular flexibility index (Phi) is 3.52. The van der Waals surface area contributed by atoms with Gasteiger partial charge in [0.05, 0.1) is 0 Å². The maximum Gasteiger partial charge on any atom is 0.251 e. The number of ether oxygens (including phenoxy) is 1. The van der Waals surface area contributed by atoms with Gasteiger partial charge in [0.2, 0.25) is 0 Å². The van der Waals surface area contributed by atoms with Gasteiger partial charge < -0.3 is 10.1 Å². The number of pyridine rings is 1. The Morgan fingerprint density at radius 3 is 3.13 bits per heavy atom. The topological polar surface area (TPSA) is 51.2 Å². The number of aryl methyl sites for hydroxylation is 2. The number of aromatic nitrogens is 1. The fourth-order valence-electron chi connectivity index (χ4n) is 3.42. The van der Waals surface area contributed by atoms with Crippen LogP contribution in [0.4, 0.5) is 0 Å². The highest BCUT2D eigenvalue weighted by atomic mass is 16.5. The number of amides is 1. The summed E-state index contributed by atoms with van der Waals surface area (Å²) in [7, 11) is 0. The van der Waals surface area contributed by atoms with E-state index in [4.69, 9.17) is 4.74 Å². The average Bonchev–Trinajstić information content (AvgIpc) is 3.16. The van der Waals surface area contributed by atoms with Crippen molar-refractivity contribution in [3.63, 3.8) is 0 Å². The molecule has 2 heterocycles. The van der Waals surface area contributed by atoms with Gasteiger partial charge in [-0.1, -0.05) is 6.07 Å². The Bertz CT molecular complexity index is 770. The molecule has 0 unspecified atom stereocenters. The van der Waals surface area contributed by atoms with E-state index in [2.05, 4.69) is 16.4 Å². The van der Waals surface area contributed by atoms with Gasteiger partial charge in [0.15, 0.2) is 0 Å². The molecule has 1 aliphatic carbocycles. The minimum atomic E-state index is -0.0483. The smallest absolute Gasteiger partial charge is 0.251 e. The lowest BCUT2D eigenvalue weighted by molar-refractivity contribution is 0.0951. The van der Waals surface area contributed by atoms with Crippen LogP contribution in [-0.2, 0) is 25.8 Å². The predicted molar refractivity (Wildman–Crippen MR) is 87.7 cm³/mol. The molecule has 1 amide bonds. The Balaban J connectivity index is 1.43. The van der Waals surface area contributed by atoms with Crippen LogP contribution in [0.2, 0.25) is 0 Å². The van der Waals surface area contributed by atoms with Crippen molar-refractivity contribution in [3.05, 3.63) is 58.4 Å². The summed E-state index contributed by atoms with van der Waals surface area (Å²) in [5.74, 6) is 0.852. The molecule has 0 saturated heterocycles. The van der Waals surface area contributed by atoms with Gasteiger partial charge in [-0.2, -0.15) is 0 Å². The molecule has 1 aromatic heterocycles. The van der Waals surface area contributed by atoms with Crippen molar-refractivity contribution >= 4 is 5.91 Å². The molecule has 1 N–H and O–H groups in total. The molecular weight excluding hydrogens is 288 g/mol. The minimum absolute atomic E-state index is 0.0483. The Morgan fingerprint density at radius 2 is 2.22 bits per heavy atom. The lowest BCUT2D eigenvalue weighted by Crippen LogP contribution is -2.23. The third kappa shape index (κ3) is 2.81. The molecule has 0 radical (unpaired) electrons. The van der Waals surface area contributed by atoms with E-state index in [9.17, 15) is 4.79 Å². The summed E-state index contributed by atoms with van der Waals surface area (Å²) in [5.41, 5.74) is 5.42. The third-order valence-corrected chi connectivity index (χ3v) is 4.59. The van der Waals surface area contributed by atoms with Crippen LogP contribution < -0.4 is 10.1 Å².